The summed E-state index contributed by atoms with van der Waals surface area (Å²) in [5.74, 6) is 0.822. The Morgan fingerprint density at radius 3 is 2.80 bits per heavy atom. The van der Waals surface area contributed by atoms with E-state index in [2.05, 4.69) is 15.6 Å². The van der Waals surface area contributed by atoms with E-state index in [4.69, 9.17) is 4.74 Å². The van der Waals surface area contributed by atoms with Crippen molar-refractivity contribution in [1.29, 1.82) is 0 Å². The number of carbonyl (C=O) groups excluding carboxylic acids is 1. The lowest BCUT2D eigenvalue weighted by Crippen LogP contribution is -2.23. The number of anilines is 1. The zero-order chi connectivity index (χ0) is 21.3. The van der Waals surface area contributed by atoms with Gasteiger partial charge in [0.25, 0.3) is 5.91 Å². The van der Waals surface area contributed by atoms with E-state index >= 15 is 0 Å². The summed E-state index contributed by atoms with van der Waals surface area (Å²) in [6, 6.07) is 12.8. The monoisotopic (exact) mass is 445 g/mol. The van der Waals surface area contributed by atoms with Crippen molar-refractivity contribution in [3.8, 4) is 5.75 Å². The molecule has 158 valence electrons. The Balaban J connectivity index is 1.44. The molecule has 2 atom stereocenters. The van der Waals surface area contributed by atoms with Crippen LogP contribution < -0.4 is 15.4 Å². The molecule has 2 heterocycles. The Labute approximate surface area is 180 Å². The molecule has 1 fully saturated rings. The standard InChI is InChI=1S/C21H23N3O4S2/c1-13-7-8-14(20(25)22-10-15-5-3-4-6-18(15)28-2)9-16(13)23-21-24-17-11-30(26,27)12-19(17)29-21/h3-9,17,19H,10-12H2,1-2H3,(H,22,25)(H,23,24)/t17-,19-/m1/s1. The number of nitrogens with one attached hydrogen (secondary N) is 2. The average Bonchev–Trinajstić information content (AvgIpc) is 3.20. The molecule has 0 unspecified atom stereocenters. The van der Waals surface area contributed by atoms with Gasteiger partial charge in [-0.05, 0) is 30.7 Å². The number of hydrogen-bond acceptors (Lipinski definition) is 7. The van der Waals surface area contributed by atoms with Gasteiger partial charge in [0.05, 0.1) is 24.7 Å². The van der Waals surface area contributed by atoms with Gasteiger partial charge in [0.2, 0.25) is 0 Å². The SMILES string of the molecule is COc1ccccc1CNC(=O)c1ccc(C)c(NC2=N[C@@H]3CS(=O)(=O)C[C@H]3S2)c1. The molecule has 1 saturated heterocycles. The lowest BCUT2D eigenvalue weighted by Gasteiger charge is -2.13. The van der Waals surface area contributed by atoms with Gasteiger partial charge in [0.15, 0.2) is 15.0 Å². The molecule has 0 aliphatic carbocycles. The molecule has 0 bridgehead atoms. The fourth-order valence-corrected chi connectivity index (χ4v) is 7.22. The number of sulfone groups is 1. The average molecular weight is 446 g/mol. The molecule has 2 aromatic rings. The summed E-state index contributed by atoms with van der Waals surface area (Å²) in [6.45, 7) is 2.31. The highest BCUT2D eigenvalue weighted by molar-refractivity contribution is 8.15. The summed E-state index contributed by atoms with van der Waals surface area (Å²) in [4.78, 5) is 17.2. The number of aryl methyl sites for hydroxylation is 1. The molecule has 0 aromatic heterocycles. The molecule has 2 aliphatic heterocycles. The molecule has 4 rings (SSSR count). The van der Waals surface area contributed by atoms with E-state index in [9.17, 15) is 13.2 Å². The van der Waals surface area contributed by atoms with Crippen molar-refractivity contribution < 1.29 is 17.9 Å². The van der Waals surface area contributed by atoms with Crippen LogP contribution in [0.5, 0.6) is 5.75 Å². The van der Waals surface area contributed by atoms with Crippen LogP contribution in [0.4, 0.5) is 5.69 Å². The maximum absolute atomic E-state index is 12.7. The molecule has 0 spiro atoms. The second kappa shape index (κ2) is 8.31. The number of benzene rings is 2. The first kappa shape index (κ1) is 20.7. The van der Waals surface area contributed by atoms with Crippen LogP contribution in [-0.4, -0.2) is 49.4 Å². The van der Waals surface area contributed by atoms with E-state index < -0.39 is 9.84 Å². The van der Waals surface area contributed by atoms with Crippen molar-refractivity contribution in [3.63, 3.8) is 0 Å². The second-order valence-electron chi connectivity index (χ2n) is 7.38. The fourth-order valence-electron chi connectivity index (χ4n) is 3.56. The molecule has 2 aromatic carbocycles. The van der Waals surface area contributed by atoms with Gasteiger partial charge in [-0.2, -0.15) is 0 Å². The molecule has 0 saturated carbocycles. The van der Waals surface area contributed by atoms with E-state index in [1.54, 1.807) is 19.2 Å². The number of methoxy groups -OCH3 is 1. The first-order valence-corrected chi connectivity index (χ1v) is 12.3. The van der Waals surface area contributed by atoms with E-state index in [-0.39, 0.29) is 28.7 Å². The molecule has 2 aliphatic rings. The highest BCUT2D eigenvalue weighted by atomic mass is 32.2. The molecule has 9 heteroatoms. The third-order valence-electron chi connectivity index (χ3n) is 5.19. The molecular weight excluding hydrogens is 422 g/mol. The lowest BCUT2D eigenvalue weighted by molar-refractivity contribution is 0.0950. The number of amidine groups is 1. The van der Waals surface area contributed by atoms with E-state index in [1.165, 1.54) is 11.8 Å². The normalized spacial score (nSPS) is 21.6. The number of rotatable bonds is 5. The van der Waals surface area contributed by atoms with Crippen LogP contribution >= 0.6 is 11.8 Å². The van der Waals surface area contributed by atoms with Crippen LogP contribution in [0, 0.1) is 6.92 Å². The van der Waals surface area contributed by atoms with Crippen LogP contribution in [0.15, 0.2) is 47.5 Å². The maximum atomic E-state index is 12.7. The van der Waals surface area contributed by atoms with Crippen molar-refractivity contribution >= 4 is 38.4 Å². The third-order valence-corrected chi connectivity index (χ3v) is 8.33. The molecule has 2 N–H and O–H groups in total. The van der Waals surface area contributed by atoms with Crippen LogP contribution in [0.25, 0.3) is 0 Å². The number of thioether (sulfide) groups is 1. The van der Waals surface area contributed by atoms with Gasteiger partial charge < -0.3 is 15.4 Å². The van der Waals surface area contributed by atoms with Gasteiger partial charge >= 0.3 is 0 Å². The Kier molecular flexibility index (Phi) is 5.75. The van der Waals surface area contributed by atoms with Crippen molar-refractivity contribution in [3.05, 3.63) is 59.2 Å². The van der Waals surface area contributed by atoms with Crippen molar-refractivity contribution in [2.45, 2.75) is 24.8 Å². The summed E-state index contributed by atoms with van der Waals surface area (Å²) >= 11 is 1.46. The number of fused-ring (bicyclic) bond motifs is 1. The van der Waals surface area contributed by atoms with Crippen LogP contribution in [-0.2, 0) is 16.4 Å². The van der Waals surface area contributed by atoms with Crippen LogP contribution in [0.1, 0.15) is 21.5 Å². The quantitative estimate of drug-likeness (QED) is 0.734. The molecular formula is C21H23N3O4S2. The summed E-state index contributed by atoms with van der Waals surface area (Å²) in [6.07, 6.45) is 0. The Morgan fingerprint density at radius 1 is 1.23 bits per heavy atom. The van der Waals surface area contributed by atoms with E-state index in [1.807, 2.05) is 37.3 Å². The van der Waals surface area contributed by atoms with Crippen molar-refractivity contribution in [2.75, 3.05) is 23.9 Å². The number of carbonyl (C=O) groups is 1. The number of hydrogen-bond donors (Lipinski definition) is 2. The molecule has 30 heavy (non-hydrogen) atoms. The largest absolute Gasteiger partial charge is 0.496 e. The molecule has 0 radical (unpaired) electrons. The topological polar surface area (TPSA) is 96.9 Å². The summed E-state index contributed by atoms with van der Waals surface area (Å²) < 4.78 is 28.8. The molecule has 1 amide bonds. The van der Waals surface area contributed by atoms with Gasteiger partial charge in [-0.1, -0.05) is 36.0 Å². The lowest BCUT2D eigenvalue weighted by atomic mass is 10.1. The Hall–Kier alpha value is -2.52. The third kappa shape index (κ3) is 4.46. The van der Waals surface area contributed by atoms with Gasteiger partial charge in [-0.3, -0.25) is 9.79 Å². The first-order valence-electron chi connectivity index (χ1n) is 9.57. The predicted octanol–water partition coefficient (Wildman–Crippen LogP) is 2.61. The molecule has 7 nitrogen and oxygen atoms in total. The summed E-state index contributed by atoms with van der Waals surface area (Å²) in [5.41, 5.74) is 3.19. The van der Waals surface area contributed by atoms with Crippen molar-refractivity contribution in [2.24, 2.45) is 4.99 Å². The van der Waals surface area contributed by atoms with E-state index in [0.29, 0.717) is 17.3 Å². The number of ether oxygens (including phenoxy) is 1. The zero-order valence-electron chi connectivity index (χ0n) is 16.7. The number of aliphatic imine (C=N–C) groups is 1. The van der Waals surface area contributed by atoms with Crippen LogP contribution in [0.2, 0.25) is 0 Å². The fraction of sp³-hybridized carbons (Fsp3) is 0.333. The predicted molar refractivity (Wildman–Crippen MR) is 120 cm³/mol. The minimum absolute atomic E-state index is 0.0230. The van der Waals surface area contributed by atoms with Gasteiger partial charge in [-0.25, -0.2) is 8.42 Å². The second-order valence-corrected chi connectivity index (χ2v) is 10.8. The zero-order valence-corrected chi connectivity index (χ0v) is 18.3. The summed E-state index contributed by atoms with van der Waals surface area (Å²) in [7, 11) is -1.38. The number of nitrogens with zero attached hydrogens (tertiary/aromatic N) is 1. The van der Waals surface area contributed by atoms with Crippen LogP contribution in [0.3, 0.4) is 0 Å². The Bertz CT molecular complexity index is 1110. The highest BCUT2D eigenvalue weighted by Crippen LogP contribution is 2.35. The minimum atomic E-state index is -2.98. The number of para-hydroxylation sites is 1. The number of amides is 1. The maximum Gasteiger partial charge on any atom is 0.251 e. The van der Waals surface area contributed by atoms with Crippen molar-refractivity contribution in [1.82, 2.24) is 5.32 Å². The highest BCUT2D eigenvalue weighted by Gasteiger charge is 2.42. The van der Waals surface area contributed by atoms with Gasteiger partial charge in [-0.15, -0.1) is 0 Å². The smallest absolute Gasteiger partial charge is 0.251 e. The summed E-state index contributed by atoms with van der Waals surface area (Å²) in [5, 5.41) is 6.87. The Morgan fingerprint density at radius 2 is 2.03 bits per heavy atom. The van der Waals surface area contributed by atoms with E-state index in [0.717, 1.165) is 22.6 Å². The van der Waals surface area contributed by atoms with Gasteiger partial charge in [0, 0.05) is 28.6 Å². The first-order chi connectivity index (χ1) is 14.3. The minimum Gasteiger partial charge on any atom is -0.496 e. The van der Waals surface area contributed by atoms with Gasteiger partial charge in [0.1, 0.15) is 5.75 Å².